The Morgan fingerprint density at radius 2 is 1.78 bits per heavy atom. The van der Waals surface area contributed by atoms with Crippen molar-refractivity contribution in [3.63, 3.8) is 0 Å². The van der Waals surface area contributed by atoms with Gasteiger partial charge >= 0.3 is 5.97 Å². The molecule has 0 bridgehead atoms. The number of aliphatic carboxylic acids is 1. The van der Waals surface area contributed by atoms with E-state index in [9.17, 15) is 14.4 Å². The number of amides is 2. The van der Waals surface area contributed by atoms with E-state index in [0.717, 1.165) is 18.4 Å². The third-order valence-corrected chi connectivity index (χ3v) is 5.76. The molecule has 27 heavy (non-hydrogen) atoms. The van der Waals surface area contributed by atoms with E-state index in [1.807, 2.05) is 6.07 Å². The van der Waals surface area contributed by atoms with Gasteiger partial charge in [-0.25, -0.2) is 0 Å². The molecule has 0 aromatic heterocycles. The van der Waals surface area contributed by atoms with Gasteiger partial charge in [-0.2, -0.15) is 0 Å². The number of likely N-dealkylation sites (tertiary alicyclic amines) is 1. The predicted molar refractivity (Wildman–Crippen MR) is 101 cm³/mol. The Kier molecular flexibility index (Phi) is 6.14. The minimum Gasteiger partial charge on any atom is -0.481 e. The number of fused-ring (bicyclic) bond motifs is 1. The molecule has 2 amide bonds. The van der Waals surface area contributed by atoms with Gasteiger partial charge in [-0.05, 0) is 55.2 Å². The van der Waals surface area contributed by atoms with E-state index >= 15 is 0 Å². The average Bonchev–Trinajstić information content (AvgIpc) is 2.67. The first-order valence-electron chi connectivity index (χ1n) is 9.79. The first-order chi connectivity index (χ1) is 12.9. The lowest BCUT2D eigenvalue weighted by atomic mass is 9.90. The molecule has 1 N–H and O–H groups in total. The first-order valence-corrected chi connectivity index (χ1v) is 9.79. The molecule has 0 atom stereocenters. The summed E-state index contributed by atoms with van der Waals surface area (Å²) in [6, 6.07) is 6.29. The van der Waals surface area contributed by atoms with Crippen molar-refractivity contribution in [1.29, 1.82) is 0 Å². The van der Waals surface area contributed by atoms with Crippen molar-refractivity contribution >= 4 is 17.8 Å². The summed E-state index contributed by atoms with van der Waals surface area (Å²) in [7, 11) is 1.66. The Labute approximate surface area is 160 Å². The molecule has 0 saturated carbocycles. The minimum atomic E-state index is -0.792. The molecule has 0 spiro atoms. The fraction of sp³-hybridized carbons (Fsp3) is 0.571. The Morgan fingerprint density at radius 3 is 2.44 bits per heavy atom. The fourth-order valence-corrected chi connectivity index (χ4v) is 3.97. The number of hydrogen-bond acceptors (Lipinski definition) is 3. The van der Waals surface area contributed by atoms with Crippen molar-refractivity contribution in [2.24, 2.45) is 5.92 Å². The Bertz CT molecular complexity index is 723. The van der Waals surface area contributed by atoms with E-state index in [-0.39, 0.29) is 24.3 Å². The number of likely N-dealkylation sites (N-methyl/N-ethyl adjacent to an activating group) is 1. The summed E-state index contributed by atoms with van der Waals surface area (Å²) >= 11 is 0. The van der Waals surface area contributed by atoms with Crippen LogP contribution in [0, 0.1) is 5.92 Å². The van der Waals surface area contributed by atoms with Gasteiger partial charge in [0.15, 0.2) is 0 Å². The number of aryl methyl sites for hydroxylation is 2. The van der Waals surface area contributed by atoms with E-state index in [1.165, 1.54) is 28.9 Å². The number of rotatable bonds is 5. The SMILES string of the molecule is CN(CC(=O)N1CCC(C(=O)O)CC1)C(=O)Cc1ccc2c(c1)CCCC2. The Balaban J connectivity index is 1.50. The number of hydrogen-bond donors (Lipinski definition) is 1. The lowest BCUT2D eigenvalue weighted by Crippen LogP contribution is -2.45. The van der Waals surface area contributed by atoms with Gasteiger partial charge in [0.1, 0.15) is 0 Å². The topological polar surface area (TPSA) is 77.9 Å². The third-order valence-electron chi connectivity index (χ3n) is 5.76. The van der Waals surface area contributed by atoms with Crippen LogP contribution < -0.4 is 0 Å². The van der Waals surface area contributed by atoms with Crippen LogP contribution >= 0.6 is 0 Å². The monoisotopic (exact) mass is 372 g/mol. The van der Waals surface area contributed by atoms with Crippen LogP contribution in [0.25, 0.3) is 0 Å². The summed E-state index contributed by atoms with van der Waals surface area (Å²) in [5, 5.41) is 9.04. The maximum absolute atomic E-state index is 12.5. The summed E-state index contributed by atoms with van der Waals surface area (Å²) in [4.78, 5) is 39.1. The Hall–Kier alpha value is -2.37. The summed E-state index contributed by atoms with van der Waals surface area (Å²) in [6.45, 7) is 0.937. The quantitative estimate of drug-likeness (QED) is 0.856. The molecule has 0 radical (unpaired) electrons. The van der Waals surface area contributed by atoms with Crippen LogP contribution in [0.5, 0.6) is 0 Å². The Morgan fingerprint density at radius 1 is 1.11 bits per heavy atom. The zero-order chi connectivity index (χ0) is 19.4. The highest BCUT2D eigenvalue weighted by molar-refractivity contribution is 5.86. The smallest absolute Gasteiger partial charge is 0.306 e. The highest BCUT2D eigenvalue weighted by Gasteiger charge is 2.27. The van der Waals surface area contributed by atoms with Gasteiger partial charge in [-0.15, -0.1) is 0 Å². The number of carbonyl (C=O) groups excluding carboxylic acids is 2. The first kappa shape index (κ1) is 19.4. The normalized spacial score (nSPS) is 17.3. The van der Waals surface area contributed by atoms with E-state index in [4.69, 9.17) is 5.11 Å². The lowest BCUT2D eigenvalue weighted by Gasteiger charge is -2.31. The summed E-state index contributed by atoms with van der Waals surface area (Å²) in [5.41, 5.74) is 3.75. The van der Waals surface area contributed by atoms with Crippen molar-refractivity contribution in [2.45, 2.75) is 44.9 Å². The number of carboxylic acid groups (broad SMARTS) is 1. The van der Waals surface area contributed by atoms with E-state index in [0.29, 0.717) is 32.4 Å². The van der Waals surface area contributed by atoms with Gasteiger partial charge in [0.2, 0.25) is 11.8 Å². The number of carboxylic acids is 1. The maximum atomic E-state index is 12.5. The molecule has 1 heterocycles. The zero-order valence-electron chi connectivity index (χ0n) is 15.9. The minimum absolute atomic E-state index is 0.0432. The number of benzene rings is 1. The van der Waals surface area contributed by atoms with Crippen molar-refractivity contribution in [1.82, 2.24) is 9.80 Å². The van der Waals surface area contributed by atoms with Crippen LogP contribution in [0.15, 0.2) is 18.2 Å². The molecule has 0 unspecified atom stereocenters. The van der Waals surface area contributed by atoms with Crippen LogP contribution in [-0.2, 0) is 33.6 Å². The fourth-order valence-electron chi connectivity index (χ4n) is 3.97. The summed E-state index contributed by atoms with van der Waals surface area (Å²) < 4.78 is 0. The van der Waals surface area contributed by atoms with Gasteiger partial charge in [-0.1, -0.05) is 18.2 Å². The second kappa shape index (κ2) is 8.55. The molecule has 1 fully saturated rings. The van der Waals surface area contributed by atoms with Gasteiger partial charge < -0.3 is 14.9 Å². The molecular weight excluding hydrogens is 344 g/mol. The van der Waals surface area contributed by atoms with E-state index < -0.39 is 5.97 Å². The van der Waals surface area contributed by atoms with Crippen LogP contribution in [0.2, 0.25) is 0 Å². The zero-order valence-corrected chi connectivity index (χ0v) is 15.9. The maximum Gasteiger partial charge on any atom is 0.306 e. The van der Waals surface area contributed by atoms with Gasteiger partial charge in [0, 0.05) is 20.1 Å². The van der Waals surface area contributed by atoms with Crippen molar-refractivity contribution in [2.75, 3.05) is 26.7 Å². The molecule has 6 heteroatoms. The standard InChI is InChI=1S/C21H28N2O4/c1-22(14-20(25)23-10-8-17(9-11-23)21(26)27)19(24)13-15-6-7-16-4-2-3-5-18(16)12-15/h6-7,12,17H,2-5,8-11,13-14H2,1H3,(H,26,27). The average molecular weight is 372 g/mol. The van der Waals surface area contributed by atoms with Crippen molar-refractivity contribution in [3.05, 3.63) is 34.9 Å². The van der Waals surface area contributed by atoms with Crippen molar-refractivity contribution < 1.29 is 19.5 Å². The van der Waals surface area contributed by atoms with Crippen LogP contribution in [-0.4, -0.2) is 59.4 Å². The van der Waals surface area contributed by atoms with E-state index in [1.54, 1.807) is 11.9 Å². The third kappa shape index (κ3) is 4.87. The molecule has 1 aromatic carbocycles. The van der Waals surface area contributed by atoms with Crippen LogP contribution in [0.4, 0.5) is 0 Å². The van der Waals surface area contributed by atoms with Gasteiger partial charge in [0.05, 0.1) is 18.9 Å². The van der Waals surface area contributed by atoms with E-state index in [2.05, 4.69) is 12.1 Å². The summed E-state index contributed by atoms with van der Waals surface area (Å²) in [5.74, 6) is -1.34. The second-order valence-corrected chi connectivity index (χ2v) is 7.73. The molecule has 2 aliphatic rings. The van der Waals surface area contributed by atoms with Gasteiger partial charge in [0.25, 0.3) is 0 Å². The number of carbonyl (C=O) groups is 3. The number of nitrogens with zero attached hydrogens (tertiary/aromatic N) is 2. The summed E-state index contributed by atoms with van der Waals surface area (Å²) in [6.07, 6.45) is 5.91. The van der Waals surface area contributed by atoms with Crippen LogP contribution in [0.1, 0.15) is 42.4 Å². The molecule has 1 aliphatic heterocycles. The number of piperidine rings is 1. The highest BCUT2D eigenvalue weighted by Crippen LogP contribution is 2.22. The largest absolute Gasteiger partial charge is 0.481 e. The molecule has 3 rings (SSSR count). The molecule has 6 nitrogen and oxygen atoms in total. The molecular formula is C21H28N2O4. The lowest BCUT2D eigenvalue weighted by molar-refractivity contribution is -0.146. The molecule has 1 saturated heterocycles. The highest BCUT2D eigenvalue weighted by atomic mass is 16.4. The molecule has 146 valence electrons. The second-order valence-electron chi connectivity index (χ2n) is 7.73. The predicted octanol–water partition coefficient (Wildman–Crippen LogP) is 1.89. The van der Waals surface area contributed by atoms with Gasteiger partial charge in [-0.3, -0.25) is 14.4 Å². The van der Waals surface area contributed by atoms with Crippen molar-refractivity contribution in [3.8, 4) is 0 Å². The molecule has 1 aromatic rings. The molecule has 1 aliphatic carbocycles. The van der Waals surface area contributed by atoms with Crippen LogP contribution in [0.3, 0.4) is 0 Å².